The molecule has 1 fully saturated rings. The van der Waals surface area contributed by atoms with Crippen molar-refractivity contribution < 1.29 is 8.42 Å². The second kappa shape index (κ2) is 7.81. The van der Waals surface area contributed by atoms with Gasteiger partial charge < -0.3 is 4.90 Å². The van der Waals surface area contributed by atoms with Crippen LogP contribution in [0.5, 0.6) is 0 Å². The lowest BCUT2D eigenvalue weighted by molar-refractivity contribution is 0.308. The summed E-state index contributed by atoms with van der Waals surface area (Å²) in [6.45, 7) is 5.94. The number of rotatable bonds is 4. The molecule has 1 aliphatic heterocycles. The van der Waals surface area contributed by atoms with E-state index in [1.807, 2.05) is 25.2 Å². The van der Waals surface area contributed by atoms with E-state index >= 15 is 0 Å². The van der Waals surface area contributed by atoms with Crippen LogP contribution in [0, 0.1) is 19.8 Å². The minimum atomic E-state index is -3.61. The van der Waals surface area contributed by atoms with Crippen molar-refractivity contribution in [2.45, 2.75) is 25.2 Å². The van der Waals surface area contributed by atoms with E-state index in [0.29, 0.717) is 35.9 Å². The zero-order chi connectivity index (χ0) is 20.6. The number of aromatic nitrogens is 4. The maximum atomic E-state index is 13.4. The minimum absolute atomic E-state index is 0.150. The van der Waals surface area contributed by atoms with Crippen LogP contribution in [0.1, 0.15) is 17.0 Å². The normalized spacial score (nSPS) is 19.5. The molecule has 4 rings (SSSR count). The number of aryl methyl sites for hydroxylation is 2. The highest BCUT2D eigenvalue weighted by atomic mass is 32.2. The third-order valence-corrected chi connectivity index (χ3v) is 7.64. The highest BCUT2D eigenvalue weighted by molar-refractivity contribution is 7.89. The van der Waals surface area contributed by atoms with E-state index in [9.17, 15) is 8.42 Å². The second-order valence-electron chi connectivity index (χ2n) is 7.80. The summed E-state index contributed by atoms with van der Waals surface area (Å²) in [6, 6.07) is 5.82. The van der Waals surface area contributed by atoms with Gasteiger partial charge in [-0.25, -0.2) is 8.42 Å². The molecule has 29 heavy (non-hydrogen) atoms. The van der Waals surface area contributed by atoms with Crippen molar-refractivity contribution in [3.8, 4) is 0 Å². The van der Waals surface area contributed by atoms with Crippen LogP contribution in [0.25, 0.3) is 11.0 Å². The largest absolute Gasteiger partial charge is 0.305 e. The van der Waals surface area contributed by atoms with Gasteiger partial charge in [0.05, 0.1) is 22.4 Å². The monoisotopic (exact) mass is 414 g/mol. The molecule has 9 heteroatoms. The Labute approximate surface area is 171 Å². The first-order valence-corrected chi connectivity index (χ1v) is 11.2. The number of hydrogen-bond donors (Lipinski definition) is 1. The number of nitrogens with zero attached hydrogens (tertiary/aromatic N) is 5. The van der Waals surface area contributed by atoms with E-state index < -0.39 is 10.0 Å². The molecule has 154 valence electrons. The van der Waals surface area contributed by atoms with E-state index in [1.165, 1.54) is 0 Å². The summed E-state index contributed by atoms with van der Waals surface area (Å²) in [6.07, 6.45) is 4.32. The van der Waals surface area contributed by atoms with E-state index in [-0.39, 0.29) is 5.92 Å². The molecule has 0 aromatic carbocycles. The predicted molar refractivity (Wildman–Crippen MR) is 111 cm³/mol. The molecule has 1 aliphatic rings. The lowest BCUT2D eigenvalue weighted by Gasteiger charge is -2.24. The molecular formula is C20H26N6O2S. The Balaban J connectivity index is 1.64. The highest BCUT2D eigenvalue weighted by Gasteiger charge is 2.33. The summed E-state index contributed by atoms with van der Waals surface area (Å²) < 4.78 is 28.4. The van der Waals surface area contributed by atoms with Gasteiger partial charge in [0, 0.05) is 38.6 Å². The molecule has 0 bridgehead atoms. The summed E-state index contributed by atoms with van der Waals surface area (Å²) in [4.78, 5) is 11.4. The fourth-order valence-corrected chi connectivity index (χ4v) is 6.00. The average Bonchev–Trinajstić information content (AvgIpc) is 2.91. The van der Waals surface area contributed by atoms with Crippen LogP contribution in [0.4, 0.5) is 0 Å². The Morgan fingerprint density at radius 2 is 1.97 bits per heavy atom. The molecular weight excluding hydrogens is 388 g/mol. The van der Waals surface area contributed by atoms with Gasteiger partial charge >= 0.3 is 0 Å². The number of likely N-dealkylation sites (N-methyl/N-ethyl adjacent to an activating group) is 1. The lowest BCUT2D eigenvalue weighted by atomic mass is 9.98. The topological polar surface area (TPSA) is 95.1 Å². The molecule has 3 aromatic heterocycles. The molecule has 1 N–H and O–H groups in total. The number of H-pyrrole nitrogens is 1. The molecule has 0 saturated carbocycles. The zero-order valence-electron chi connectivity index (χ0n) is 17.0. The highest BCUT2D eigenvalue weighted by Crippen LogP contribution is 2.26. The van der Waals surface area contributed by atoms with E-state index in [1.54, 1.807) is 30.5 Å². The Morgan fingerprint density at radius 1 is 1.14 bits per heavy atom. The summed E-state index contributed by atoms with van der Waals surface area (Å²) in [7, 11) is -1.57. The van der Waals surface area contributed by atoms with Gasteiger partial charge in [-0.15, -0.1) is 0 Å². The van der Waals surface area contributed by atoms with Crippen LogP contribution in [0.2, 0.25) is 0 Å². The predicted octanol–water partition coefficient (Wildman–Crippen LogP) is 1.76. The number of aromatic amines is 1. The summed E-state index contributed by atoms with van der Waals surface area (Å²) in [5.74, 6) is 0.150. The molecule has 1 saturated heterocycles. The first kappa shape index (κ1) is 19.9. The molecule has 0 aliphatic carbocycles. The van der Waals surface area contributed by atoms with Gasteiger partial charge in [-0.3, -0.25) is 15.1 Å². The molecule has 0 amide bonds. The van der Waals surface area contributed by atoms with Crippen LogP contribution >= 0.6 is 0 Å². The van der Waals surface area contributed by atoms with Crippen LogP contribution in [0.15, 0.2) is 35.5 Å². The first-order chi connectivity index (χ1) is 13.9. The molecule has 4 heterocycles. The molecule has 0 spiro atoms. The smallest absolute Gasteiger partial charge is 0.246 e. The van der Waals surface area contributed by atoms with Crippen molar-refractivity contribution in [1.82, 2.24) is 29.4 Å². The van der Waals surface area contributed by atoms with Crippen molar-refractivity contribution in [2.75, 3.05) is 33.2 Å². The van der Waals surface area contributed by atoms with Gasteiger partial charge in [-0.2, -0.15) is 9.40 Å². The standard InChI is InChI=1S/C20H26N6O2S/c1-14-20(15(2)24-23-14)29(27,28)26-10-9-25(3)12-16(13-26)11-17-6-8-21-18-5-4-7-22-19(17)18/h4-8,16H,9-13H2,1-3H3,(H,23,24). The van der Waals surface area contributed by atoms with Crippen molar-refractivity contribution >= 4 is 21.1 Å². The lowest BCUT2D eigenvalue weighted by Crippen LogP contribution is -2.37. The van der Waals surface area contributed by atoms with Gasteiger partial charge in [0.1, 0.15) is 4.90 Å². The fourth-order valence-electron chi connectivity index (χ4n) is 4.16. The van der Waals surface area contributed by atoms with Crippen molar-refractivity contribution in [3.63, 3.8) is 0 Å². The van der Waals surface area contributed by atoms with Crippen LogP contribution < -0.4 is 0 Å². The van der Waals surface area contributed by atoms with Crippen LogP contribution in [-0.2, 0) is 16.4 Å². The maximum Gasteiger partial charge on any atom is 0.246 e. The summed E-state index contributed by atoms with van der Waals surface area (Å²) in [5.41, 5.74) is 3.95. The van der Waals surface area contributed by atoms with Gasteiger partial charge in [0.2, 0.25) is 10.0 Å². The van der Waals surface area contributed by atoms with Gasteiger partial charge in [-0.1, -0.05) is 0 Å². The SMILES string of the molecule is Cc1n[nH]c(C)c1S(=O)(=O)N1CCN(C)CC(Cc2ccnc3cccnc23)C1. The third kappa shape index (κ3) is 3.90. The molecule has 3 aromatic rings. The Morgan fingerprint density at radius 3 is 2.72 bits per heavy atom. The second-order valence-corrected chi connectivity index (χ2v) is 9.67. The van der Waals surface area contributed by atoms with E-state index in [4.69, 9.17) is 0 Å². The Hall–Kier alpha value is -2.36. The Bertz CT molecular complexity index is 1100. The number of fused-ring (bicyclic) bond motifs is 1. The number of nitrogens with one attached hydrogen (secondary N) is 1. The fraction of sp³-hybridized carbons (Fsp3) is 0.450. The van der Waals surface area contributed by atoms with Crippen molar-refractivity contribution in [1.29, 1.82) is 0 Å². The summed E-state index contributed by atoms with van der Waals surface area (Å²) in [5, 5.41) is 6.88. The molecule has 0 radical (unpaired) electrons. The maximum absolute atomic E-state index is 13.4. The molecule has 1 unspecified atom stereocenters. The summed E-state index contributed by atoms with van der Waals surface area (Å²) >= 11 is 0. The average molecular weight is 415 g/mol. The van der Waals surface area contributed by atoms with E-state index in [2.05, 4.69) is 25.1 Å². The minimum Gasteiger partial charge on any atom is -0.305 e. The first-order valence-electron chi connectivity index (χ1n) is 9.75. The molecule has 1 atom stereocenters. The van der Waals surface area contributed by atoms with Gasteiger partial charge in [0.25, 0.3) is 0 Å². The zero-order valence-corrected chi connectivity index (χ0v) is 17.8. The van der Waals surface area contributed by atoms with Gasteiger partial charge in [-0.05, 0) is 57.0 Å². The number of pyridine rings is 2. The van der Waals surface area contributed by atoms with Crippen LogP contribution in [-0.4, -0.2) is 71.0 Å². The van der Waals surface area contributed by atoms with Gasteiger partial charge in [0.15, 0.2) is 0 Å². The third-order valence-electron chi connectivity index (χ3n) is 5.51. The van der Waals surface area contributed by atoms with Crippen molar-refractivity contribution in [2.24, 2.45) is 5.92 Å². The molecule has 8 nitrogen and oxygen atoms in total. The quantitative estimate of drug-likeness (QED) is 0.699. The number of hydrogen-bond acceptors (Lipinski definition) is 6. The van der Waals surface area contributed by atoms with Crippen LogP contribution in [0.3, 0.4) is 0 Å². The Kier molecular flexibility index (Phi) is 5.37. The van der Waals surface area contributed by atoms with E-state index in [0.717, 1.165) is 29.6 Å². The van der Waals surface area contributed by atoms with Crippen molar-refractivity contribution in [3.05, 3.63) is 47.5 Å². The number of sulfonamides is 1.